The number of hydrogen-bond acceptors (Lipinski definition) is 3. The van der Waals surface area contributed by atoms with E-state index >= 15 is 0 Å². The molecule has 2 saturated heterocycles. The molecule has 116 valence electrons. The average Bonchev–Trinajstić information content (AvgIpc) is 2.95. The van der Waals surface area contributed by atoms with Crippen molar-refractivity contribution in [3.05, 3.63) is 34.1 Å². The van der Waals surface area contributed by atoms with E-state index in [9.17, 15) is 4.39 Å². The lowest BCUT2D eigenvalue weighted by Crippen LogP contribution is -2.54. The van der Waals surface area contributed by atoms with Gasteiger partial charge in [0.1, 0.15) is 5.82 Å². The van der Waals surface area contributed by atoms with Crippen molar-refractivity contribution in [2.24, 2.45) is 0 Å². The molecule has 3 unspecified atom stereocenters. The van der Waals surface area contributed by atoms with Gasteiger partial charge in [0.25, 0.3) is 0 Å². The van der Waals surface area contributed by atoms with Crippen molar-refractivity contribution >= 4 is 15.9 Å². The number of nitrogens with one attached hydrogen (secondary N) is 1. The van der Waals surface area contributed by atoms with E-state index in [0.717, 1.165) is 29.6 Å². The van der Waals surface area contributed by atoms with Crippen LogP contribution in [0, 0.1) is 5.82 Å². The van der Waals surface area contributed by atoms with Gasteiger partial charge < -0.3 is 10.1 Å². The zero-order chi connectivity index (χ0) is 14.8. The molecule has 0 radical (unpaired) electrons. The Bertz CT molecular complexity index is 499. The number of hydrogen-bond donors (Lipinski definition) is 1. The van der Waals surface area contributed by atoms with Gasteiger partial charge in [-0.2, -0.15) is 0 Å². The van der Waals surface area contributed by atoms with Crippen molar-refractivity contribution in [1.29, 1.82) is 0 Å². The quantitative estimate of drug-likeness (QED) is 0.897. The van der Waals surface area contributed by atoms with E-state index in [1.807, 2.05) is 7.05 Å². The van der Waals surface area contributed by atoms with Crippen molar-refractivity contribution in [3.8, 4) is 0 Å². The summed E-state index contributed by atoms with van der Waals surface area (Å²) in [5, 5.41) is 3.35. The minimum Gasteiger partial charge on any atom is -0.374 e. The summed E-state index contributed by atoms with van der Waals surface area (Å²) in [5.74, 6) is -0.188. The van der Waals surface area contributed by atoms with Gasteiger partial charge in [-0.1, -0.05) is 15.9 Å². The maximum atomic E-state index is 13.4. The third-order valence-corrected chi connectivity index (χ3v) is 5.46. The van der Waals surface area contributed by atoms with Crippen LogP contribution < -0.4 is 5.32 Å². The first-order valence-corrected chi connectivity index (χ1v) is 8.43. The molecule has 3 rings (SSSR count). The Morgan fingerprint density at radius 2 is 2.38 bits per heavy atom. The highest BCUT2D eigenvalue weighted by molar-refractivity contribution is 9.10. The van der Waals surface area contributed by atoms with Crippen molar-refractivity contribution in [2.75, 3.05) is 26.7 Å². The van der Waals surface area contributed by atoms with Crippen LogP contribution in [0.2, 0.25) is 0 Å². The number of rotatable bonds is 4. The summed E-state index contributed by atoms with van der Waals surface area (Å²) in [6.07, 6.45) is 3.46. The first kappa shape index (κ1) is 15.4. The first-order chi connectivity index (χ1) is 10.2. The molecule has 5 heteroatoms. The number of benzene rings is 1. The number of nitrogens with zero attached hydrogens (tertiary/aromatic N) is 1. The minimum atomic E-state index is -0.188. The fraction of sp³-hybridized carbons (Fsp3) is 0.625. The molecule has 0 spiro atoms. The largest absolute Gasteiger partial charge is 0.374 e. The molecular weight excluding hydrogens is 335 g/mol. The molecule has 2 aliphatic heterocycles. The summed E-state index contributed by atoms with van der Waals surface area (Å²) in [6, 6.07) is 5.67. The molecule has 0 aromatic heterocycles. The van der Waals surface area contributed by atoms with Crippen molar-refractivity contribution < 1.29 is 9.13 Å². The van der Waals surface area contributed by atoms with E-state index in [4.69, 9.17) is 4.74 Å². The van der Waals surface area contributed by atoms with Gasteiger partial charge in [0.2, 0.25) is 0 Å². The monoisotopic (exact) mass is 356 g/mol. The van der Waals surface area contributed by atoms with Crippen LogP contribution in [0.25, 0.3) is 0 Å². The van der Waals surface area contributed by atoms with Gasteiger partial charge in [0.05, 0.1) is 12.7 Å². The molecule has 2 heterocycles. The Labute approximate surface area is 134 Å². The normalized spacial score (nSPS) is 27.6. The molecule has 0 amide bonds. The molecular formula is C16H22BrFN2O. The van der Waals surface area contributed by atoms with Crippen molar-refractivity contribution in [1.82, 2.24) is 10.2 Å². The van der Waals surface area contributed by atoms with Crippen LogP contribution in [0.5, 0.6) is 0 Å². The van der Waals surface area contributed by atoms with Crippen LogP contribution in [0.4, 0.5) is 4.39 Å². The second-order valence-corrected chi connectivity index (χ2v) is 6.85. The molecule has 21 heavy (non-hydrogen) atoms. The highest BCUT2D eigenvalue weighted by Crippen LogP contribution is 2.26. The van der Waals surface area contributed by atoms with Gasteiger partial charge in [-0.15, -0.1) is 0 Å². The molecule has 0 aliphatic carbocycles. The topological polar surface area (TPSA) is 24.5 Å². The number of halogens is 2. The standard InChI is InChI=1S/C16H22BrFN2O/c1-19-15(8-11-7-12(18)4-5-14(11)17)16-9-20-6-2-3-13(20)10-21-16/h4-5,7,13,15-16,19H,2-3,6,8-10H2,1H3. The lowest BCUT2D eigenvalue weighted by atomic mass is 9.99. The van der Waals surface area contributed by atoms with E-state index in [1.54, 1.807) is 12.1 Å². The molecule has 1 aromatic rings. The maximum absolute atomic E-state index is 13.4. The van der Waals surface area contributed by atoms with Gasteiger partial charge in [-0.05, 0) is 56.6 Å². The van der Waals surface area contributed by atoms with Gasteiger partial charge in [0.15, 0.2) is 0 Å². The molecule has 1 N–H and O–H groups in total. The zero-order valence-electron chi connectivity index (χ0n) is 12.3. The Balaban J connectivity index is 1.68. The van der Waals surface area contributed by atoms with Gasteiger partial charge in [-0.3, -0.25) is 4.90 Å². The second-order valence-electron chi connectivity index (χ2n) is 6.00. The summed E-state index contributed by atoms with van der Waals surface area (Å²) in [7, 11) is 1.96. The van der Waals surface area contributed by atoms with E-state index < -0.39 is 0 Å². The number of ether oxygens (including phenoxy) is 1. The van der Waals surface area contributed by atoms with Crippen molar-refractivity contribution in [3.63, 3.8) is 0 Å². The van der Waals surface area contributed by atoms with Crippen LogP contribution in [0.1, 0.15) is 18.4 Å². The highest BCUT2D eigenvalue weighted by Gasteiger charge is 2.35. The Hall–Kier alpha value is -0.490. The number of morpholine rings is 1. The molecule has 3 nitrogen and oxygen atoms in total. The summed E-state index contributed by atoms with van der Waals surface area (Å²) >= 11 is 3.51. The van der Waals surface area contributed by atoms with Crippen molar-refractivity contribution in [2.45, 2.75) is 37.5 Å². The lowest BCUT2D eigenvalue weighted by Gasteiger charge is -2.39. The maximum Gasteiger partial charge on any atom is 0.123 e. The number of likely N-dealkylation sites (N-methyl/N-ethyl adjacent to an activating group) is 1. The van der Waals surface area contributed by atoms with Crippen LogP contribution in [-0.2, 0) is 11.2 Å². The van der Waals surface area contributed by atoms with Crippen LogP contribution in [-0.4, -0.2) is 49.8 Å². The third kappa shape index (κ3) is 3.47. The average molecular weight is 357 g/mol. The van der Waals surface area contributed by atoms with Gasteiger partial charge in [0, 0.05) is 23.1 Å². The Morgan fingerprint density at radius 1 is 1.52 bits per heavy atom. The summed E-state index contributed by atoms with van der Waals surface area (Å²) in [4.78, 5) is 2.54. The smallest absolute Gasteiger partial charge is 0.123 e. The lowest BCUT2D eigenvalue weighted by molar-refractivity contribution is -0.0634. The molecule has 3 atom stereocenters. The molecule has 1 aromatic carbocycles. The highest BCUT2D eigenvalue weighted by atomic mass is 79.9. The second kappa shape index (κ2) is 6.73. The van der Waals surface area contributed by atoms with E-state index in [0.29, 0.717) is 6.04 Å². The Morgan fingerprint density at radius 3 is 3.19 bits per heavy atom. The molecule has 2 aliphatic rings. The minimum absolute atomic E-state index is 0.166. The summed E-state index contributed by atoms with van der Waals surface area (Å²) in [6.45, 7) is 2.99. The fourth-order valence-corrected chi connectivity index (χ4v) is 3.85. The predicted octanol–water partition coefficient (Wildman–Crippen LogP) is 2.58. The molecule has 0 bridgehead atoms. The molecule has 0 saturated carbocycles. The third-order valence-electron chi connectivity index (χ3n) is 4.68. The van der Waals surface area contributed by atoms with Gasteiger partial charge >= 0.3 is 0 Å². The first-order valence-electron chi connectivity index (χ1n) is 7.64. The molecule has 2 fully saturated rings. The van der Waals surface area contributed by atoms with Crippen LogP contribution >= 0.6 is 15.9 Å². The Kier molecular flexibility index (Phi) is 4.94. The number of fused-ring (bicyclic) bond motifs is 1. The van der Waals surface area contributed by atoms with E-state index in [1.165, 1.54) is 25.5 Å². The van der Waals surface area contributed by atoms with Gasteiger partial charge in [-0.25, -0.2) is 4.39 Å². The zero-order valence-corrected chi connectivity index (χ0v) is 13.9. The predicted molar refractivity (Wildman–Crippen MR) is 85.0 cm³/mol. The fourth-order valence-electron chi connectivity index (χ4n) is 3.44. The summed E-state index contributed by atoms with van der Waals surface area (Å²) < 4.78 is 20.5. The summed E-state index contributed by atoms with van der Waals surface area (Å²) in [5.41, 5.74) is 0.987. The van der Waals surface area contributed by atoms with Crippen LogP contribution in [0.15, 0.2) is 22.7 Å². The SMILES string of the molecule is CNC(Cc1cc(F)ccc1Br)C1CN2CCCC2CO1. The van der Waals surface area contributed by atoms with E-state index in [-0.39, 0.29) is 18.0 Å². The van der Waals surface area contributed by atoms with E-state index in [2.05, 4.69) is 26.1 Å². The van der Waals surface area contributed by atoms with Crippen LogP contribution in [0.3, 0.4) is 0 Å².